The van der Waals surface area contributed by atoms with Crippen molar-refractivity contribution in [2.45, 2.75) is 24.6 Å². The molecule has 0 heterocycles. The molecule has 1 saturated carbocycles. The normalized spacial score (nSPS) is 13.8. The van der Waals surface area contributed by atoms with Gasteiger partial charge in [0.25, 0.3) is 0 Å². The Labute approximate surface area is 133 Å². The molecule has 0 bridgehead atoms. The second-order valence-electron chi connectivity index (χ2n) is 5.21. The molecule has 2 rings (SSSR count). The van der Waals surface area contributed by atoms with Crippen LogP contribution in [0.15, 0.2) is 12.1 Å². The summed E-state index contributed by atoms with van der Waals surface area (Å²) in [7, 11) is 3.44. The Balaban J connectivity index is 2.01. The van der Waals surface area contributed by atoms with E-state index in [0.717, 1.165) is 42.2 Å². The molecule has 0 saturated heterocycles. The molecule has 0 unspecified atom stereocenters. The fraction of sp³-hybridized carbons (Fsp3) is 0.529. The molecule has 1 aromatic rings. The first-order chi connectivity index (χ1) is 10.3. The van der Waals surface area contributed by atoms with E-state index in [1.807, 2.05) is 0 Å². The van der Waals surface area contributed by atoms with E-state index in [4.69, 9.17) is 15.9 Å². The molecule has 3 nitrogen and oxygen atoms in total. The van der Waals surface area contributed by atoms with Crippen LogP contribution in [0.2, 0.25) is 5.32 Å². The average molecular weight is 352 g/mol. The van der Waals surface area contributed by atoms with Gasteiger partial charge in [-0.05, 0) is 0 Å². The van der Waals surface area contributed by atoms with E-state index in [9.17, 15) is 0 Å². The van der Waals surface area contributed by atoms with E-state index in [1.165, 1.54) is 22.9 Å². The second-order valence-corrected chi connectivity index (χ2v) is 7.34. The average Bonchev–Trinajstić information content (AvgIpc) is 3.33. The van der Waals surface area contributed by atoms with Gasteiger partial charge < -0.3 is 0 Å². The number of terminal acetylenes is 1. The monoisotopic (exact) mass is 353 g/mol. The summed E-state index contributed by atoms with van der Waals surface area (Å²) in [4.78, 5) is 0. The van der Waals surface area contributed by atoms with Crippen LogP contribution in [0.3, 0.4) is 0 Å². The van der Waals surface area contributed by atoms with Crippen molar-refractivity contribution in [3.05, 3.63) is 17.7 Å². The third-order valence-corrected chi connectivity index (χ3v) is 5.55. The van der Waals surface area contributed by atoms with Gasteiger partial charge in [-0.2, -0.15) is 0 Å². The SMILES string of the molecule is C#CC[Se]c1cc(OC)c(CCNCC2CC2)cc1OC. The predicted octanol–water partition coefficient (Wildman–Crippen LogP) is 1.63. The van der Waals surface area contributed by atoms with Crippen LogP contribution in [0.4, 0.5) is 0 Å². The van der Waals surface area contributed by atoms with Gasteiger partial charge >= 0.3 is 134 Å². The summed E-state index contributed by atoms with van der Waals surface area (Å²) in [6.45, 7) is 2.12. The van der Waals surface area contributed by atoms with Gasteiger partial charge in [0.2, 0.25) is 0 Å². The van der Waals surface area contributed by atoms with Crippen molar-refractivity contribution in [1.29, 1.82) is 0 Å². The zero-order chi connectivity index (χ0) is 15.1. The maximum absolute atomic E-state index is 5.53. The molecule has 0 aliphatic heterocycles. The number of hydrogen-bond acceptors (Lipinski definition) is 3. The number of hydrogen-bond donors (Lipinski definition) is 1. The van der Waals surface area contributed by atoms with Gasteiger partial charge in [0.15, 0.2) is 0 Å². The van der Waals surface area contributed by atoms with Gasteiger partial charge in [-0.25, -0.2) is 0 Å². The van der Waals surface area contributed by atoms with Crippen molar-refractivity contribution in [2.75, 3.05) is 27.3 Å². The summed E-state index contributed by atoms with van der Waals surface area (Å²) in [5.74, 6) is 5.49. The van der Waals surface area contributed by atoms with Gasteiger partial charge in [0, 0.05) is 0 Å². The van der Waals surface area contributed by atoms with Gasteiger partial charge in [-0.15, -0.1) is 0 Å². The summed E-state index contributed by atoms with van der Waals surface area (Å²) in [6.07, 6.45) is 9.09. The fourth-order valence-corrected chi connectivity index (χ4v) is 3.71. The van der Waals surface area contributed by atoms with Gasteiger partial charge in [-0.1, -0.05) is 0 Å². The molecule has 0 spiro atoms. The number of methoxy groups -OCH3 is 2. The molecule has 1 aliphatic carbocycles. The summed E-state index contributed by atoms with van der Waals surface area (Å²) >= 11 is 0.232. The molecule has 114 valence electrons. The van der Waals surface area contributed by atoms with Crippen molar-refractivity contribution < 1.29 is 9.47 Å². The van der Waals surface area contributed by atoms with E-state index in [2.05, 4.69) is 23.4 Å². The number of nitrogens with one attached hydrogen (secondary N) is 1. The quantitative estimate of drug-likeness (QED) is 0.416. The summed E-state index contributed by atoms with van der Waals surface area (Å²) in [5, 5.41) is 4.29. The van der Waals surface area contributed by atoms with E-state index >= 15 is 0 Å². The molecule has 1 aromatic carbocycles. The molecule has 4 heteroatoms. The molecule has 0 radical (unpaired) electrons. The van der Waals surface area contributed by atoms with Crippen LogP contribution in [-0.4, -0.2) is 42.3 Å². The van der Waals surface area contributed by atoms with Crippen LogP contribution >= 0.6 is 0 Å². The molecule has 1 aliphatic rings. The van der Waals surface area contributed by atoms with Crippen molar-refractivity contribution in [1.82, 2.24) is 5.32 Å². The molecule has 1 N–H and O–H groups in total. The van der Waals surface area contributed by atoms with Crippen molar-refractivity contribution >= 4 is 19.4 Å². The molecule has 0 aromatic heterocycles. The topological polar surface area (TPSA) is 30.5 Å². The Bertz CT molecular complexity index is 506. The zero-order valence-electron chi connectivity index (χ0n) is 12.8. The molecular formula is C17H23NO2Se. The first-order valence-electron chi connectivity index (χ1n) is 7.30. The van der Waals surface area contributed by atoms with Crippen molar-refractivity contribution in [3.63, 3.8) is 0 Å². The zero-order valence-corrected chi connectivity index (χ0v) is 14.5. The van der Waals surface area contributed by atoms with Crippen LogP contribution in [-0.2, 0) is 6.42 Å². The molecular weight excluding hydrogens is 329 g/mol. The number of rotatable bonds is 9. The summed E-state index contributed by atoms with van der Waals surface area (Å²) in [6, 6.07) is 4.19. The summed E-state index contributed by atoms with van der Waals surface area (Å²) in [5.41, 5.74) is 1.19. The van der Waals surface area contributed by atoms with Gasteiger partial charge in [0.05, 0.1) is 0 Å². The Morgan fingerprint density at radius 2 is 2.05 bits per heavy atom. The Morgan fingerprint density at radius 1 is 1.29 bits per heavy atom. The first-order valence-corrected chi connectivity index (χ1v) is 9.37. The van der Waals surface area contributed by atoms with Crippen LogP contribution in [0.25, 0.3) is 0 Å². The summed E-state index contributed by atoms with van der Waals surface area (Å²) < 4.78 is 12.2. The minimum absolute atomic E-state index is 0.232. The van der Waals surface area contributed by atoms with E-state index in [1.54, 1.807) is 14.2 Å². The fourth-order valence-electron chi connectivity index (χ4n) is 2.21. The molecule has 1 fully saturated rings. The maximum atomic E-state index is 5.53. The van der Waals surface area contributed by atoms with E-state index in [0.29, 0.717) is 0 Å². The first kappa shape index (κ1) is 16.2. The van der Waals surface area contributed by atoms with Gasteiger partial charge in [0.1, 0.15) is 0 Å². The van der Waals surface area contributed by atoms with Crippen LogP contribution in [0.1, 0.15) is 18.4 Å². The van der Waals surface area contributed by atoms with Crippen LogP contribution in [0, 0.1) is 18.3 Å². The van der Waals surface area contributed by atoms with Crippen molar-refractivity contribution in [2.24, 2.45) is 5.92 Å². The van der Waals surface area contributed by atoms with Crippen molar-refractivity contribution in [3.8, 4) is 23.8 Å². The van der Waals surface area contributed by atoms with E-state index in [-0.39, 0.29) is 15.0 Å². The number of benzene rings is 1. The third-order valence-electron chi connectivity index (χ3n) is 3.58. The van der Waals surface area contributed by atoms with Gasteiger partial charge in [-0.3, -0.25) is 0 Å². The Morgan fingerprint density at radius 3 is 2.67 bits per heavy atom. The molecule has 0 atom stereocenters. The van der Waals surface area contributed by atoms with Crippen LogP contribution < -0.4 is 19.3 Å². The number of ether oxygens (including phenoxy) is 2. The predicted molar refractivity (Wildman–Crippen MR) is 87.9 cm³/mol. The van der Waals surface area contributed by atoms with Crippen LogP contribution in [0.5, 0.6) is 11.5 Å². The Hall–Kier alpha value is -1.14. The molecule has 21 heavy (non-hydrogen) atoms. The van der Waals surface area contributed by atoms with E-state index < -0.39 is 0 Å². The second kappa shape index (κ2) is 8.34. The Kier molecular flexibility index (Phi) is 6.45. The standard InChI is InChI=1S/C17H23NO2Se/c1-4-9-21-17-11-15(19-2)14(10-16(17)20-3)7-8-18-12-13-5-6-13/h1,10-11,13,18H,5-9,12H2,2-3H3. The minimum atomic E-state index is 0.232. The third kappa shape index (κ3) is 4.96. The molecule has 0 amide bonds.